The van der Waals surface area contributed by atoms with Crippen molar-refractivity contribution in [3.8, 4) is 0 Å². The number of ether oxygens (including phenoxy) is 1. The Hall–Kier alpha value is -1.69. The predicted octanol–water partition coefficient (Wildman–Crippen LogP) is 5.71. The first-order chi connectivity index (χ1) is 13.5. The molecule has 28 heavy (non-hydrogen) atoms. The highest BCUT2D eigenvalue weighted by Gasteiger charge is 2.37. The van der Waals surface area contributed by atoms with E-state index in [4.69, 9.17) is 16.3 Å². The number of unbranched alkanes of at least 4 members (excludes halogenated alkanes) is 1. The van der Waals surface area contributed by atoms with E-state index in [-0.39, 0.29) is 6.09 Å². The van der Waals surface area contributed by atoms with Crippen molar-refractivity contribution in [2.45, 2.75) is 48.0 Å². The van der Waals surface area contributed by atoms with Crippen LogP contribution in [0.3, 0.4) is 0 Å². The minimum absolute atomic E-state index is 0.278. The van der Waals surface area contributed by atoms with Crippen LogP contribution in [0.2, 0.25) is 5.02 Å². The van der Waals surface area contributed by atoms with Crippen LogP contribution >= 0.6 is 23.4 Å². The van der Waals surface area contributed by atoms with Gasteiger partial charge in [0.05, 0.1) is 12.2 Å². The minimum Gasteiger partial charge on any atom is -0.449 e. The first-order valence-corrected chi connectivity index (χ1v) is 10.9. The van der Waals surface area contributed by atoms with E-state index < -0.39 is 5.60 Å². The summed E-state index contributed by atoms with van der Waals surface area (Å²) >= 11 is 7.59. The van der Waals surface area contributed by atoms with Crippen molar-refractivity contribution in [1.29, 1.82) is 0 Å². The number of hydrogen-bond acceptors (Lipinski definition) is 4. The summed E-state index contributed by atoms with van der Waals surface area (Å²) in [5.74, 6) is 0. The molecule has 1 heterocycles. The maximum absolute atomic E-state index is 12.2. The molecule has 0 atom stereocenters. The zero-order valence-electron chi connectivity index (χ0n) is 16.1. The average Bonchev–Trinajstić information content (AvgIpc) is 2.71. The number of piperidine rings is 1. The third-order valence-corrected chi connectivity index (χ3v) is 6.34. The summed E-state index contributed by atoms with van der Waals surface area (Å²) in [5, 5.41) is 12.0. The summed E-state index contributed by atoms with van der Waals surface area (Å²) in [6.45, 7) is 3.49. The Kier molecular flexibility index (Phi) is 7.27. The van der Waals surface area contributed by atoms with Gasteiger partial charge in [0.15, 0.2) is 0 Å². The molecule has 2 aromatic carbocycles. The van der Waals surface area contributed by atoms with E-state index in [1.54, 1.807) is 16.7 Å². The summed E-state index contributed by atoms with van der Waals surface area (Å²) in [4.78, 5) is 15.9. The number of amides is 1. The number of carbonyl (C=O) groups is 1. The molecule has 0 saturated carbocycles. The molecule has 1 aliphatic rings. The van der Waals surface area contributed by atoms with Gasteiger partial charge in [-0.3, -0.25) is 0 Å². The number of nitrogens with zero attached hydrogens (tertiary/aromatic N) is 1. The lowest BCUT2D eigenvalue weighted by Crippen LogP contribution is -2.45. The Morgan fingerprint density at radius 2 is 1.86 bits per heavy atom. The fourth-order valence-electron chi connectivity index (χ4n) is 3.29. The second kappa shape index (κ2) is 9.68. The van der Waals surface area contributed by atoms with Gasteiger partial charge in [0.2, 0.25) is 0 Å². The number of rotatable bonds is 6. The summed E-state index contributed by atoms with van der Waals surface area (Å²) in [6, 6.07) is 15.6. The van der Waals surface area contributed by atoms with Crippen molar-refractivity contribution in [2.75, 3.05) is 19.7 Å². The SMILES string of the molecule is CCCCOC(=O)N1CCC(O)(c2ccccc2Sc2ccc(Cl)cc2)CC1. The highest BCUT2D eigenvalue weighted by molar-refractivity contribution is 7.99. The van der Waals surface area contributed by atoms with E-state index in [0.29, 0.717) is 37.6 Å². The molecule has 3 rings (SSSR count). The standard InChI is InChI=1S/C22H26ClNO3S/c1-2-3-16-27-21(25)24-14-12-22(26,13-15-24)19-6-4-5-7-20(19)28-18-10-8-17(23)9-11-18/h4-11,26H,2-3,12-16H2,1H3. The van der Waals surface area contributed by atoms with Crippen molar-refractivity contribution in [3.05, 3.63) is 59.1 Å². The Bertz CT molecular complexity index is 789. The van der Waals surface area contributed by atoms with Crippen molar-refractivity contribution < 1.29 is 14.6 Å². The van der Waals surface area contributed by atoms with Gasteiger partial charge in [0.25, 0.3) is 0 Å². The number of hydrogen-bond donors (Lipinski definition) is 1. The van der Waals surface area contributed by atoms with Gasteiger partial charge in [-0.15, -0.1) is 0 Å². The van der Waals surface area contributed by atoms with Crippen molar-refractivity contribution in [2.24, 2.45) is 0 Å². The number of likely N-dealkylation sites (tertiary alicyclic amines) is 1. The van der Waals surface area contributed by atoms with Crippen molar-refractivity contribution >= 4 is 29.5 Å². The topological polar surface area (TPSA) is 49.8 Å². The molecule has 1 saturated heterocycles. The molecule has 1 amide bonds. The lowest BCUT2D eigenvalue weighted by molar-refractivity contribution is -0.0267. The number of carbonyl (C=O) groups excluding carboxylic acids is 1. The molecule has 6 heteroatoms. The molecule has 1 N–H and O–H groups in total. The minimum atomic E-state index is -0.948. The maximum Gasteiger partial charge on any atom is 0.409 e. The lowest BCUT2D eigenvalue weighted by Gasteiger charge is -2.38. The second-order valence-electron chi connectivity index (χ2n) is 7.04. The fourth-order valence-corrected chi connectivity index (χ4v) is 4.46. The van der Waals surface area contributed by atoms with E-state index in [9.17, 15) is 9.90 Å². The van der Waals surface area contributed by atoms with Crippen LogP contribution in [0.25, 0.3) is 0 Å². The van der Waals surface area contributed by atoms with Gasteiger partial charge >= 0.3 is 6.09 Å². The molecule has 150 valence electrons. The first-order valence-electron chi connectivity index (χ1n) is 9.69. The number of halogens is 1. The monoisotopic (exact) mass is 419 g/mol. The summed E-state index contributed by atoms with van der Waals surface area (Å²) in [6.07, 6.45) is 2.58. The van der Waals surface area contributed by atoms with Gasteiger partial charge in [-0.1, -0.05) is 54.9 Å². The summed E-state index contributed by atoms with van der Waals surface area (Å²) < 4.78 is 5.30. The fraction of sp³-hybridized carbons (Fsp3) is 0.409. The summed E-state index contributed by atoms with van der Waals surface area (Å²) in [5.41, 5.74) is -0.0371. The smallest absolute Gasteiger partial charge is 0.409 e. The largest absolute Gasteiger partial charge is 0.449 e. The van der Waals surface area contributed by atoms with Crippen LogP contribution in [0, 0.1) is 0 Å². The van der Waals surface area contributed by atoms with E-state index in [1.807, 2.05) is 48.5 Å². The zero-order chi connectivity index (χ0) is 20.0. The molecule has 0 aliphatic carbocycles. The van der Waals surface area contributed by atoms with Gasteiger partial charge < -0.3 is 14.7 Å². The molecule has 0 radical (unpaired) electrons. The number of benzene rings is 2. The predicted molar refractivity (Wildman–Crippen MR) is 113 cm³/mol. The summed E-state index contributed by atoms with van der Waals surface area (Å²) in [7, 11) is 0. The molecular formula is C22H26ClNO3S. The molecule has 0 unspecified atom stereocenters. The molecule has 0 bridgehead atoms. The third-order valence-electron chi connectivity index (χ3n) is 5.00. The van der Waals surface area contributed by atoms with Crippen LogP contribution in [0.5, 0.6) is 0 Å². The molecule has 2 aromatic rings. The van der Waals surface area contributed by atoms with Crippen LogP contribution in [-0.4, -0.2) is 35.8 Å². The van der Waals surface area contributed by atoms with Crippen LogP contribution in [0.1, 0.15) is 38.2 Å². The number of aliphatic hydroxyl groups is 1. The normalized spacial score (nSPS) is 16.0. The Morgan fingerprint density at radius 3 is 2.54 bits per heavy atom. The molecule has 0 spiro atoms. The maximum atomic E-state index is 12.2. The van der Waals surface area contributed by atoms with Crippen LogP contribution in [0.15, 0.2) is 58.3 Å². The second-order valence-corrected chi connectivity index (χ2v) is 8.59. The van der Waals surface area contributed by atoms with Gasteiger partial charge in [-0.05, 0) is 55.2 Å². The van der Waals surface area contributed by atoms with E-state index in [2.05, 4.69) is 6.92 Å². The van der Waals surface area contributed by atoms with E-state index >= 15 is 0 Å². The molecule has 1 aliphatic heterocycles. The van der Waals surface area contributed by atoms with E-state index in [0.717, 1.165) is 28.2 Å². The van der Waals surface area contributed by atoms with Gasteiger partial charge in [-0.25, -0.2) is 4.79 Å². The highest BCUT2D eigenvalue weighted by atomic mass is 35.5. The lowest BCUT2D eigenvalue weighted by atomic mass is 9.84. The van der Waals surface area contributed by atoms with Gasteiger partial charge in [0.1, 0.15) is 0 Å². The van der Waals surface area contributed by atoms with Crippen LogP contribution < -0.4 is 0 Å². The third kappa shape index (κ3) is 5.22. The highest BCUT2D eigenvalue weighted by Crippen LogP contribution is 2.40. The Labute approximate surface area is 175 Å². The van der Waals surface area contributed by atoms with Crippen molar-refractivity contribution in [3.63, 3.8) is 0 Å². The molecule has 1 fully saturated rings. The van der Waals surface area contributed by atoms with Gasteiger partial charge in [-0.2, -0.15) is 0 Å². The average molecular weight is 420 g/mol. The van der Waals surface area contributed by atoms with E-state index in [1.165, 1.54) is 0 Å². The molecule has 4 nitrogen and oxygen atoms in total. The Morgan fingerprint density at radius 1 is 1.18 bits per heavy atom. The molecular weight excluding hydrogens is 394 g/mol. The van der Waals surface area contributed by atoms with Crippen molar-refractivity contribution in [1.82, 2.24) is 4.90 Å². The molecule has 0 aromatic heterocycles. The first kappa shape index (κ1) is 21.0. The van der Waals surface area contributed by atoms with Crippen LogP contribution in [-0.2, 0) is 10.3 Å². The van der Waals surface area contributed by atoms with Gasteiger partial charge in [0, 0.05) is 27.9 Å². The zero-order valence-corrected chi connectivity index (χ0v) is 17.6. The van der Waals surface area contributed by atoms with Crippen LogP contribution in [0.4, 0.5) is 4.79 Å². The Balaban J connectivity index is 1.68. The quantitative estimate of drug-likeness (QED) is 0.609.